The van der Waals surface area contributed by atoms with Gasteiger partial charge in [0.25, 0.3) is 0 Å². The normalized spacial score (nSPS) is 23.7. The first-order chi connectivity index (χ1) is 19.7. The molecular weight excluding hydrogens is 532 g/mol. The van der Waals surface area contributed by atoms with Crippen molar-refractivity contribution in [2.75, 3.05) is 39.6 Å². The van der Waals surface area contributed by atoms with Crippen LogP contribution in [0.4, 0.5) is 0 Å². The van der Waals surface area contributed by atoms with Crippen LogP contribution in [-0.4, -0.2) is 63.7 Å². The summed E-state index contributed by atoms with van der Waals surface area (Å²) >= 11 is 0. The van der Waals surface area contributed by atoms with Gasteiger partial charge in [0.1, 0.15) is 26.4 Å². The Balaban J connectivity index is 1.90. The third-order valence-corrected chi connectivity index (χ3v) is 8.05. The number of hydrogen-bond acceptors (Lipinski definition) is 10. The number of carbonyl (C=O) groups is 3. The highest BCUT2D eigenvalue weighted by Gasteiger charge is 2.34. The van der Waals surface area contributed by atoms with Gasteiger partial charge in [-0.1, -0.05) is 57.9 Å². The number of carbonyl (C=O) groups excluding carboxylic acids is 3. The van der Waals surface area contributed by atoms with Crippen LogP contribution in [0.2, 0.25) is 0 Å². The molecular formula is C31H50O10. The molecule has 0 aliphatic heterocycles. The van der Waals surface area contributed by atoms with Crippen LogP contribution < -0.4 is 0 Å². The summed E-state index contributed by atoms with van der Waals surface area (Å²) in [4.78, 5) is 59.6. The molecule has 0 aromatic rings. The van der Waals surface area contributed by atoms with Gasteiger partial charge in [-0.15, -0.1) is 0 Å². The molecule has 0 heterocycles. The Kier molecular flexibility index (Phi) is 16.2. The second-order valence-electron chi connectivity index (χ2n) is 11.5. The molecule has 0 bridgehead atoms. The van der Waals surface area contributed by atoms with Gasteiger partial charge in [0.2, 0.25) is 0 Å². The molecule has 0 N–H and O–H groups in total. The first kappa shape index (κ1) is 34.9. The van der Waals surface area contributed by atoms with E-state index in [4.69, 9.17) is 33.8 Å². The fraction of sp³-hybridized carbons (Fsp3) is 0.774. The highest BCUT2D eigenvalue weighted by Crippen LogP contribution is 2.32. The summed E-state index contributed by atoms with van der Waals surface area (Å²) in [5.74, 6) is -1.44. The third-order valence-electron chi connectivity index (χ3n) is 8.05. The standard InChI is InChI=1S/C31H50O10/c1-6-17-35-28(32)26-15-11-9-13-23(26)19-38-39-22-25(21-37-30(34)31(4,5)8-3)41-40-20-24-14-10-12-16-27(24)29(33)36-18-7-2/h6-7,23-27H,1-2,8-22H2,3-5H3. The van der Waals surface area contributed by atoms with Crippen LogP contribution in [-0.2, 0) is 48.1 Å². The van der Waals surface area contributed by atoms with Gasteiger partial charge in [-0.2, -0.15) is 0 Å². The van der Waals surface area contributed by atoms with Gasteiger partial charge in [0, 0.05) is 0 Å². The van der Waals surface area contributed by atoms with Crippen molar-refractivity contribution >= 4 is 17.9 Å². The van der Waals surface area contributed by atoms with Gasteiger partial charge >= 0.3 is 17.9 Å². The van der Waals surface area contributed by atoms with Crippen molar-refractivity contribution in [1.29, 1.82) is 0 Å². The minimum atomic E-state index is -0.763. The smallest absolute Gasteiger partial charge is 0.311 e. The summed E-state index contributed by atoms with van der Waals surface area (Å²) in [5.41, 5.74) is -0.639. The van der Waals surface area contributed by atoms with E-state index in [2.05, 4.69) is 13.2 Å². The van der Waals surface area contributed by atoms with Gasteiger partial charge in [-0.05, 0) is 57.8 Å². The quantitative estimate of drug-likeness (QED) is 0.0496. The van der Waals surface area contributed by atoms with Crippen molar-refractivity contribution in [2.45, 2.75) is 84.7 Å². The molecule has 2 aliphatic carbocycles. The summed E-state index contributed by atoms with van der Waals surface area (Å²) < 4.78 is 16.0. The predicted octanol–water partition coefficient (Wildman–Crippen LogP) is 5.30. The SMILES string of the molecule is C=CCOC(=O)C1CCCCC1COOCC(COC(=O)C(C)(C)CC)OOCC1CCCCC1C(=O)OCC=C. The van der Waals surface area contributed by atoms with Crippen LogP contribution in [0.5, 0.6) is 0 Å². The van der Waals surface area contributed by atoms with Crippen molar-refractivity contribution in [3.8, 4) is 0 Å². The Morgan fingerprint density at radius 3 is 1.78 bits per heavy atom. The molecule has 10 heteroatoms. The second-order valence-corrected chi connectivity index (χ2v) is 11.5. The molecule has 0 saturated heterocycles. The van der Waals surface area contributed by atoms with Crippen LogP contribution in [0.25, 0.3) is 0 Å². The second kappa shape index (κ2) is 19.0. The topological polar surface area (TPSA) is 116 Å². The lowest BCUT2D eigenvalue weighted by Crippen LogP contribution is -2.35. The molecule has 0 spiro atoms. The predicted molar refractivity (Wildman–Crippen MR) is 151 cm³/mol. The van der Waals surface area contributed by atoms with Crippen LogP contribution in [0, 0.1) is 29.1 Å². The van der Waals surface area contributed by atoms with Crippen molar-refractivity contribution in [1.82, 2.24) is 0 Å². The molecule has 41 heavy (non-hydrogen) atoms. The van der Waals surface area contributed by atoms with Gasteiger partial charge < -0.3 is 14.2 Å². The van der Waals surface area contributed by atoms with E-state index in [9.17, 15) is 14.4 Å². The fourth-order valence-corrected chi connectivity index (χ4v) is 5.03. The number of ether oxygens (including phenoxy) is 3. The van der Waals surface area contributed by atoms with Gasteiger partial charge in [0.05, 0.1) is 30.5 Å². The van der Waals surface area contributed by atoms with Crippen molar-refractivity contribution in [3.05, 3.63) is 25.3 Å². The first-order valence-electron chi connectivity index (χ1n) is 15.0. The highest BCUT2D eigenvalue weighted by atomic mass is 17.2. The van der Waals surface area contributed by atoms with E-state index in [0.717, 1.165) is 51.4 Å². The van der Waals surface area contributed by atoms with Crippen LogP contribution in [0.15, 0.2) is 25.3 Å². The van der Waals surface area contributed by atoms with E-state index in [-0.39, 0.29) is 81.2 Å². The highest BCUT2D eigenvalue weighted by molar-refractivity contribution is 5.75. The van der Waals surface area contributed by atoms with Gasteiger partial charge in [-0.3, -0.25) is 14.4 Å². The molecule has 0 aromatic heterocycles. The Morgan fingerprint density at radius 2 is 1.27 bits per heavy atom. The fourth-order valence-electron chi connectivity index (χ4n) is 5.03. The minimum absolute atomic E-state index is 0.0241. The molecule has 5 unspecified atom stereocenters. The first-order valence-corrected chi connectivity index (χ1v) is 15.0. The number of esters is 3. The van der Waals surface area contributed by atoms with Crippen molar-refractivity contribution in [2.24, 2.45) is 29.1 Å². The maximum atomic E-state index is 12.5. The van der Waals surface area contributed by atoms with Gasteiger partial charge in [0.15, 0.2) is 6.10 Å². The van der Waals surface area contributed by atoms with Crippen molar-refractivity contribution < 1.29 is 48.1 Å². The zero-order valence-corrected chi connectivity index (χ0v) is 25.1. The molecule has 234 valence electrons. The number of rotatable bonds is 19. The summed E-state index contributed by atoms with van der Waals surface area (Å²) in [6, 6.07) is 0. The monoisotopic (exact) mass is 582 g/mol. The molecule has 5 atom stereocenters. The largest absolute Gasteiger partial charge is 0.462 e. The summed E-state index contributed by atoms with van der Waals surface area (Å²) in [6.07, 6.45) is 10.0. The third kappa shape index (κ3) is 12.2. The zero-order chi connectivity index (χ0) is 30.1. The average molecular weight is 583 g/mol. The Morgan fingerprint density at radius 1 is 0.756 bits per heavy atom. The van der Waals surface area contributed by atoms with Crippen molar-refractivity contribution in [3.63, 3.8) is 0 Å². The Hall–Kier alpha value is -2.27. The minimum Gasteiger partial charge on any atom is -0.462 e. The Labute approximate surface area is 244 Å². The summed E-state index contributed by atoms with van der Waals surface area (Å²) in [5, 5.41) is 0. The van der Waals surface area contributed by atoms with Gasteiger partial charge in [-0.25, -0.2) is 19.6 Å². The summed E-state index contributed by atoms with van der Waals surface area (Å²) in [6.45, 7) is 13.3. The lowest BCUT2D eigenvalue weighted by atomic mass is 9.80. The maximum absolute atomic E-state index is 12.5. The van der Waals surface area contributed by atoms with E-state index in [1.165, 1.54) is 0 Å². The van der Waals surface area contributed by atoms with E-state index in [1.54, 1.807) is 12.2 Å². The molecule has 2 fully saturated rings. The Bertz CT molecular complexity index is 826. The lowest BCUT2D eigenvalue weighted by Gasteiger charge is -2.30. The molecule has 0 aromatic carbocycles. The van der Waals surface area contributed by atoms with Crippen LogP contribution in [0.1, 0.15) is 78.6 Å². The van der Waals surface area contributed by atoms with E-state index < -0.39 is 11.5 Å². The van der Waals surface area contributed by atoms with E-state index >= 15 is 0 Å². The average Bonchev–Trinajstić information content (AvgIpc) is 2.99. The maximum Gasteiger partial charge on any atom is 0.311 e. The zero-order valence-electron chi connectivity index (χ0n) is 25.1. The molecule has 2 rings (SSSR count). The number of hydrogen-bond donors (Lipinski definition) is 0. The van der Waals surface area contributed by atoms with Crippen LogP contribution in [0.3, 0.4) is 0 Å². The lowest BCUT2D eigenvalue weighted by molar-refractivity contribution is -0.376. The van der Waals surface area contributed by atoms with E-state index in [0.29, 0.717) is 6.42 Å². The molecule has 10 nitrogen and oxygen atoms in total. The molecule has 2 aliphatic rings. The summed E-state index contributed by atoms with van der Waals surface area (Å²) in [7, 11) is 0. The van der Waals surface area contributed by atoms with E-state index in [1.807, 2.05) is 20.8 Å². The van der Waals surface area contributed by atoms with Crippen LogP contribution >= 0.6 is 0 Å². The molecule has 2 saturated carbocycles. The molecule has 0 amide bonds. The molecule has 0 radical (unpaired) electrons.